The smallest absolute Gasteiger partial charge is 0.276 e. The van der Waals surface area contributed by atoms with Crippen molar-refractivity contribution in [1.29, 1.82) is 0 Å². The monoisotopic (exact) mass is 318 g/mol. The third-order valence-corrected chi connectivity index (χ3v) is 4.32. The van der Waals surface area contributed by atoms with E-state index in [-0.39, 0.29) is 17.7 Å². The Labute approximate surface area is 133 Å². The van der Waals surface area contributed by atoms with Crippen molar-refractivity contribution in [3.63, 3.8) is 0 Å². The van der Waals surface area contributed by atoms with Crippen LogP contribution in [-0.2, 0) is 9.47 Å². The van der Waals surface area contributed by atoms with Crippen molar-refractivity contribution in [1.82, 2.24) is 9.88 Å². The molecule has 2 saturated heterocycles. The van der Waals surface area contributed by atoms with E-state index in [0.29, 0.717) is 44.1 Å². The number of carbonyl (C=O) groups is 1. The number of carbonyl (C=O) groups excluding carboxylic acids is 1. The van der Waals surface area contributed by atoms with Gasteiger partial charge in [-0.25, -0.2) is 4.98 Å². The molecule has 0 N–H and O–H groups in total. The van der Waals surface area contributed by atoms with Gasteiger partial charge in [-0.1, -0.05) is 0 Å². The van der Waals surface area contributed by atoms with Crippen LogP contribution in [0.1, 0.15) is 30.3 Å². The van der Waals surface area contributed by atoms with Gasteiger partial charge in [0.05, 0.1) is 19.0 Å². The fourth-order valence-corrected chi connectivity index (χ4v) is 3.15. The van der Waals surface area contributed by atoms with Crippen molar-refractivity contribution in [3.05, 3.63) is 30.5 Å². The number of hydrogen-bond donors (Lipinski definition) is 0. The molecule has 2 aromatic rings. The molecule has 0 aliphatic carbocycles. The number of hydrogen-bond acceptors (Lipinski definition) is 6. The molecule has 4 rings (SSSR count). The molecule has 2 aromatic heterocycles. The van der Waals surface area contributed by atoms with Crippen LogP contribution in [0, 0.1) is 0 Å². The minimum Gasteiger partial charge on any atom is -0.461 e. The first kappa shape index (κ1) is 14.5. The summed E-state index contributed by atoms with van der Waals surface area (Å²) in [5, 5.41) is 0. The summed E-state index contributed by atoms with van der Waals surface area (Å²) < 4.78 is 22.3. The molecule has 0 unspecified atom stereocenters. The fraction of sp³-hybridized carbons (Fsp3) is 0.500. The van der Waals surface area contributed by atoms with Crippen molar-refractivity contribution in [2.45, 2.75) is 31.7 Å². The second-order valence-corrected chi connectivity index (χ2v) is 5.95. The van der Waals surface area contributed by atoms with E-state index in [1.165, 1.54) is 12.7 Å². The first-order chi connectivity index (χ1) is 11.2. The van der Waals surface area contributed by atoms with E-state index in [1.807, 2.05) is 6.92 Å². The third kappa shape index (κ3) is 2.55. The summed E-state index contributed by atoms with van der Waals surface area (Å²) in [6.07, 6.45) is 4.24. The van der Waals surface area contributed by atoms with Gasteiger partial charge >= 0.3 is 0 Å². The van der Waals surface area contributed by atoms with E-state index in [9.17, 15) is 4.79 Å². The van der Waals surface area contributed by atoms with Crippen LogP contribution >= 0.6 is 0 Å². The highest BCUT2D eigenvalue weighted by atomic mass is 16.7. The molecule has 1 amide bonds. The molecule has 122 valence electrons. The summed E-state index contributed by atoms with van der Waals surface area (Å²) in [7, 11) is 0. The number of nitrogens with zero attached hydrogens (tertiary/aromatic N) is 2. The quantitative estimate of drug-likeness (QED) is 0.845. The van der Waals surface area contributed by atoms with Crippen LogP contribution in [0.15, 0.2) is 33.6 Å². The predicted octanol–water partition coefficient (Wildman–Crippen LogP) is 2.30. The number of furan rings is 1. The summed E-state index contributed by atoms with van der Waals surface area (Å²) in [6.45, 7) is 3.74. The Morgan fingerprint density at radius 2 is 2.17 bits per heavy atom. The summed E-state index contributed by atoms with van der Waals surface area (Å²) >= 11 is 0. The zero-order valence-electron chi connectivity index (χ0n) is 12.9. The molecule has 0 radical (unpaired) electrons. The van der Waals surface area contributed by atoms with E-state index in [2.05, 4.69) is 4.98 Å². The number of amides is 1. The highest BCUT2D eigenvalue weighted by molar-refractivity contribution is 5.97. The number of piperidine rings is 1. The van der Waals surface area contributed by atoms with E-state index < -0.39 is 5.79 Å². The number of rotatable bonds is 2. The lowest BCUT2D eigenvalue weighted by Gasteiger charge is -2.37. The second-order valence-electron chi connectivity index (χ2n) is 5.95. The molecule has 23 heavy (non-hydrogen) atoms. The lowest BCUT2D eigenvalue weighted by atomic mass is 10.0. The number of ether oxygens (including phenoxy) is 2. The Kier molecular flexibility index (Phi) is 3.46. The molecule has 0 bridgehead atoms. The lowest BCUT2D eigenvalue weighted by Crippen LogP contribution is -2.47. The molecule has 1 spiro atoms. The lowest BCUT2D eigenvalue weighted by molar-refractivity contribution is -0.189. The van der Waals surface area contributed by atoms with E-state index in [4.69, 9.17) is 18.3 Å². The predicted molar refractivity (Wildman–Crippen MR) is 78.6 cm³/mol. The highest BCUT2D eigenvalue weighted by Crippen LogP contribution is 2.34. The van der Waals surface area contributed by atoms with Crippen LogP contribution in [0.2, 0.25) is 0 Å². The molecule has 2 aliphatic rings. The molecule has 7 heteroatoms. The molecule has 0 aromatic carbocycles. The summed E-state index contributed by atoms with van der Waals surface area (Å²) in [5.41, 5.74) is 0.275. The average Bonchev–Trinajstić information content (AvgIpc) is 3.28. The molecule has 0 saturated carbocycles. The molecule has 1 atom stereocenters. The van der Waals surface area contributed by atoms with Gasteiger partial charge in [0, 0.05) is 25.9 Å². The Bertz CT molecular complexity index is 685. The van der Waals surface area contributed by atoms with Crippen molar-refractivity contribution in [2.75, 3.05) is 19.7 Å². The number of aromatic nitrogens is 1. The van der Waals surface area contributed by atoms with Gasteiger partial charge in [-0.05, 0) is 19.1 Å². The standard InChI is InChI=1S/C16H18N2O5/c1-11-9-22-16(23-11)4-6-18(7-5-16)15(19)13-14(21-10-17-13)12-3-2-8-20-12/h2-3,8,10-11H,4-7,9H2,1H3/t11-/m1/s1. The summed E-state index contributed by atoms with van der Waals surface area (Å²) in [4.78, 5) is 18.5. The zero-order chi connectivity index (χ0) is 15.9. The van der Waals surface area contributed by atoms with Gasteiger partial charge in [-0.3, -0.25) is 4.79 Å². The maximum absolute atomic E-state index is 12.7. The number of likely N-dealkylation sites (tertiary alicyclic amines) is 1. The number of oxazole rings is 1. The highest BCUT2D eigenvalue weighted by Gasteiger charge is 2.43. The van der Waals surface area contributed by atoms with Crippen LogP contribution in [0.5, 0.6) is 0 Å². The molecule has 7 nitrogen and oxygen atoms in total. The van der Waals surface area contributed by atoms with Gasteiger partial charge in [-0.2, -0.15) is 0 Å². The average molecular weight is 318 g/mol. The maximum atomic E-state index is 12.7. The Hall–Kier alpha value is -2.12. The molecular weight excluding hydrogens is 300 g/mol. The van der Waals surface area contributed by atoms with Crippen molar-refractivity contribution < 1.29 is 23.1 Å². The van der Waals surface area contributed by atoms with Gasteiger partial charge in [-0.15, -0.1) is 0 Å². The van der Waals surface area contributed by atoms with Crippen LogP contribution < -0.4 is 0 Å². The van der Waals surface area contributed by atoms with Crippen molar-refractivity contribution in [2.24, 2.45) is 0 Å². The Balaban J connectivity index is 1.48. The molecule has 4 heterocycles. The third-order valence-electron chi connectivity index (χ3n) is 4.32. The zero-order valence-corrected chi connectivity index (χ0v) is 12.9. The maximum Gasteiger partial charge on any atom is 0.276 e. The van der Waals surface area contributed by atoms with E-state index in [0.717, 1.165) is 0 Å². The normalized spacial score (nSPS) is 23.5. The van der Waals surface area contributed by atoms with Crippen LogP contribution in [0.25, 0.3) is 11.5 Å². The van der Waals surface area contributed by atoms with Crippen LogP contribution in [0.4, 0.5) is 0 Å². The minimum absolute atomic E-state index is 0.110. The first-order valence-electron chi connectivity index (χ1n) is 7.75. The molecule has 2 aliphatic heterocycles. The fourth-order valence-electron chi connectivity index (χ4n) is 3.15. The van der Waals surface area contributed by atoms with Gasteiger partial charge < -0.3 is 23.2 Å². The van der Waals surface area contributed by atoms with Gasteiger partial charge in [0.15, 0.2) is 23.6 Å². The van der Waals surface area contributed by atoms with Gasteiger partial charge in [0.2, 0.25) is 5.76 Å². The van der Waals surface area contributed by atoms with Crippen molar-refractivity contribution >= 4 is 5.91 Å². The summed E-state index contributed by atoms with van der Waals surface area (Å²) in [6, 6.07) is 3.48. The first-order valence-corrected chi connectivity index (χ1v) is 7.75. The van der Waals surface area contributed by atoms with Crippen molar-refractivity contribution in [3.8, 4) is 11.5 Å². The molecule has 2 fully saturated rings. The van der Waals surface area contributed by atoms with Gasteiger partial charge in [0.25, 0.3) is 5.91 Å². The second kappa shape index (κ2) is 5.50. The largest absolute Gasteiger partial charge is 0.461 e. The summed E-state index contributed by atoms with van der Waals surface area (Å²) in [5.74, 6) is 0.174. The Morgan fingerprint density at radius 1 is 1.35 bits per heavy atom. The van der Waals surface area contributed by atoms with Gasteiger partial charge in [0.1, 0.15) is 0 Å². The van der Waals surface area contributed by atoms with E-state index in [1.54, 1.807) is 17.0 Å². The van der Waals surface area contributed by atoms with Crippen LogP contribution in [0.3, 0.4) is 0 Å². The topological polar surface area (TPSA) is 77.9 Å². The van der Waals surface area contributed by atoms with E-state index >= 15 is 0 Å². The SMILES string of the molecule is C[C@@H]1COC2(CCN(C(=O)c3ncoc3-c3ccco3)CC2)O1. The Morgan fingerprint density at radius 3 is 2.83 bits per heavy atom. The van der Waals surface area contributed by atoms with Crippen LogP contribution in [-0.4, -0.2) is 47.4 Å². The molecular formula is C16H18N2O5. The minimum atomic E-state index is -0.524.